The number of carbonyl (C=O) groups is 2. The van der Waals surface area contributed by atoms with Crippen LogP contribution in [0.15, 0.2) is 48.5 Å². The van der Waals surface area contributed by atoms with Gasteiger partial charge in [-0.1, -0.05) is 63.6 Å². The molecule has 0 saturated heterocycles. The molecule has 0 fully saturated rings. The minimum absolute atomic E-state index is 0.0330. The lowest BCUT2D eigenvalue weighted by Crippen LogP contribution is -2.50. The number of ether oxygens (including phenoxy) is 1. The summed E-state index contributed by atoms with van der Waals surface area (Å²) < 4.78 is 5.76. The number of nitrogens with one attached hydrogen (secondary N) is 1. The second kappa shape index (κ2) is 11.4. The average molecular weight is 459 g/mol. The summed E-state index contributed by atoms with van der Waals surface area (Å²) in [6.45, 7) is 12.2. The number of hydrogen-bond acceptors (Lipinski definition) is 3. The van der Waals surface area contributed by atoms with Gasteiger partial charge in [-0.2, -0.15) is 0 Å². The van der Waals surface area contributed by atoms with Crippen LogP contribution in [0.3, 0.4) is 0 Å². The molecule has 0 saturated carbocycles. The van der Waals surface area contributed by atoms with Gasteiger partial charge in [0, 0.05) is 17.6 Å². The molecule has 0 unspecified atom stereocenters. The Hall–Kier alpha value is -2.53. The van der Waals surface area contributed by atoms with Gasteiger partial charge < -0.3 is 15.0 Å². The van der Waals surface area contributed by atoms with E-state index in [0.717, 1.165) is 12.0 Å². The van der Waals surface area contributed by atoms with Crippen molar-refractivity contribution >= 4 is 23.4 Å². The summed E-state index contributed by atoms with van der Waals surface area (Å²) >= 11 is 6.12. The SMILES string of the molecule is CC[C@H](C)NC(=O)[C@H](C)N(Cc1cccc(Cl)c1)C(=O)COc1ccc(C(C)(C)C)cc1. The summed E-state index contributed by atoms with van der Waals surface area (Å²) in [7, 11) is 0. The molecule has 1 N–H and O–H groups in total. The van der Waals surface area contributed by atoms with Crippen molar-refractivity contribution in [2.24, 2.45) is 0 Å². The molecule has 174 valence electrons. The van der Waals surface area contributed by atoms with Crippen LogP contribution in [0.2, 0.25) is 5.02 Å². The van der Waals surface area contributed by atoms with Crippen molar-refractivity contribution in [1.29, 1.82) is 0 Å². The average Bonchev–Trinajstić information content (AvgIpc) is 2.75. The number of benzene rings is 2. The Balaban J connectivity index is 2.14. The molecule has 6 heteroatoms. The Morgan fingerprint density at radius 1 is 1.09 bits per heavy atom. The highest BCUT2D eigenvalue weighted by atomic mass is 35.5. The van der Waals surface area contributed by atoms with E-state index < -0.39 is 6.04 Å². The maximum atomic E-state index is 13.1. The Morgan fingerprint density at radius 2 is 1.75 bits per heavy atom. The molecule has 2 aromatic rings. The van der Waals surface area contributed by atoms with Crippen LogP contribution in [0.1, 0.15) is 59.1 Å². The van der Waals surface area contributed by atoms with Gasteiger partial charge in [0.05, 0.1) is 0 Å². The zero-order valence-corrected chi connectivity index (χ0v) is 20.7. The lowest BCUT2D eigenvalue weighted by atomic mass is 9.87. The van der Waals surface area contributed by atoms with E-state index >= 15 is 0 Å². The molecule has 2 aromatic carbocycles. The molecule has 32 heavy (non-hydrogen) atoms. The fourth-order valence-electron chi connectivity index (χ4n) is 3.16. The van der Waals surface area contributed by atoms with Gasteiger partial charge in [-0.3, -0.25) is 9.59 Å². The predicted octanol–water partition coefficient (Wildman–Crippen LogP) is 5.35. The van der Waals surface area contributed by atoms with E-state index in [9.17, 15) is 9.59 Å². The Morgan fingerprint density at radius 3 is 2.31 bits per heavy atom. The smallest absolute Gasteiger partial charge is 0.261 e. The molecular weight excluding hydrogens is 424 g/mol. The van der Waals surface area contributed by atoms with Crippen molar-refractivity contribution < 1.29 is 14.3 Å². The van der Waals surface area contributed by atoms with Crippen LogP contribution < -0.4 is 10.1 Å². The predicted molar refractivity (Wildman–Crippen MR) is 130 cm³/mol. The van der Waals surface area contributed by atoms with Crippen LogP contribution in [0.4, 0.5) is 0 Å². The molecule has 0 aliphatic carbocycles. The molecule has 2 atom stereocenters. The van der Waals surface area contributed by atoms with Gasteiger partial charge >= 0.3 is 0 Å². The number of rotatable bonds is 9. The van der Waals surface area contributed by atoms with Crippen LogP contribution >= 0.6 is 11.6 Å². The Bertz CT molecular complexity index is 906. The quantitative estimate of drug-likeness (QED) is 0.551. The second-order valence-electron chi connectivity index (χ2n) is 9.21. The summed E-state index contributed by atoms with van der Waals surface area (Å²) in [4.78, 5) is 27.4. The minimum Gasteiger partial charge on any atom is -0.484 e. The highest BCUT2D eigenvalue weighted by Gasteiger charge is 2.27. The van der Waals surface area contributed by atoms with Crippen molar-refractivity contribution in [3.05, 3.63) is 64.7 Å². The van der Waals surface area contributed by atoms with Gasteiger partial charge in [-0.15, -0.1) is 0 Å². The van der Waals surface area contributed by atoms with E-state index in [-0.39, 0.29) is 36.4 Å². The first-order valence-corrected chi connectivity index (χ1v) is 11.5. The van der Waals surface area contributed by atoms with E-state index in [2.05, 4.69) is 26.1 Å². The second-order valence-corrected chi connectivity index (χ2v) is 9.64. The summed E-state index contributed by atoms with van der Waals surface area (Å²) in [6.07, 6.45) is 0.814. The van der Waals surface area contributed by atoms with Gasteiger partial charge in [0.25, 0.3) is 5.91 Å². The van der Waals surface area contributed by atoms with Gasteiger partial charge in [0.1, 0.15) is 11.8 Å². The normalized spacial score (nSPS) is 13.2. The molecule has 2 amide bonds. The molecule has 2 rings (SSSR count). The van der Waals surface area contributed by atoms with Crippen molar-refractivity contribution in [2.45, 2.75) is 72.0 Å². The highest BCUT2D eigenvalue weighted by Crippen LogP contribution is 2.24. The van der Waals surface area contributed by atoms with Crippen LogP contribution in [0.25, 0.3) is 0 Å². The molecule has 0 radical (unpaired) electrons. The minimum atomic E-state index is -0.651. The summed E-state index contributed by atoms with van der Waals surface area (Å²) in [6, 6.07) is 14.4. The Kier molecular flexibility index (Phi) is 9.14. The molecule has 5 nitrogen and oxygen atoms in total. The van der Waals surface area contributed by atoms with Crippen LogP contribution in [0.5, 0.6) is 5.75 Å². The molecule has 0 aliphatic heterocycles. The van der Waals surface area contributed by atoms with Crippen molar-refractivity contribution in [2.75, 3.05) is 6.61 Å². The van der Waals surface area contributed by atoms with E-state index in [4.69, 9.17) is 16.3 Å². The fourth-order valence-corrected chi connectivity index (χ4v) is 3.37. The van der Waals surface area contributed by atoms with Gasteiger partial charge in [0.2, 0.25) is 5.91 Å². The number of hydrogen-bond donors (Lipinski definition) is 1. The molecule has 0 spiro atoms. The van der Waals surface area contributed by atoms with E-state index in [1.54, 1.807) is 19.1 Å². The molecular formula is C26H35ClN2O3. The first kappa shape index (κ1) is 25.7. The highest BCUT2D eigenvalue weighted by molar-refractivity contribution is 6.30. The van der Waals surface area contributed by atoms with Gasteiger partial charge in [-0.05, 0) is 61.1 Å². The van der Waals surface area contributed by atoms with Gasteiger partial charge in [-0.25, -0.2) is 0 Å². The summed E-state index contributed by atoms with van der Waals surface area (Å²) in [5.74, 6) is 0.159. The number of amides is 2. The third-order valence-electron chi connectivity index (χ3n) is 5.49. The zero-order valence-electron chi connectivity index (χ0n) is 19.9. The van der Waals surface area contributed by atoms with Crippen LogP contribution in [-0.4, -0.2) is 35.4 Å². The molecule has 0 aliphatic rings. The fraction of sp³-hybridized carbons (Fsp3) is 0.462. The zero-order chi connectivity index (χ0) is 23.9. The van der Waals surface area contributed by atoms with E-state index in [1.807, 2.05) is 50.2 Å². The number of nitrogens with zero attached hydrogens (tertiary/aromatic N) is 1. The van der Waals surface area contributed by atoms with Crippen molar-refractivity contribution in [3.63, 3.8) is 0 Å². The molecule has 0 aromatic heterocycles. The van der Waals surface area contributed by atoms with Crippen LogP contribution in [-0.2, 0) is 21.5 Å². The lowest BCUT2D eigenvalue weighted by molar-refractivity contribution is -0.142. The largest absolute Gasteiger partial charge is 0.484 e. The van der Waals surface area contributed by atoms with Crippen LogP contribution in [0, 0.1) is 0 Å². The maximum absolute atomic E-state index is 13.1. The third kappa shape index (κ3) is 7.56. The summed E-state index contributed by atoms with van der Waals surface area (Å²) in [5.41, 5.74) is 2.08. The summed E-state index contributed by atoms with van der Waals surface area (Å²) in [5, 5.41) is 3.54. The Labute approximate surface area is 197 Å². The number of halogens is 1. The maximum Gasteiger partial charge on any atom is 0.261 e. The van der Waals surface area contributed by atoms with Gasteiger partial charge in [0.15, 0.2) is 6.61 Å². The first-order valence-electron chi connectivity index (χ1n) is 11.1. The topological polar surface area (TPSA) is 58.6 Å². The molecule has 0 bridgehead atoms. The van der Waals surface area contributed by atoms with E-state index in [1.165, 1.54) is 10.5 Å². The number of carbonyl (C=O) groups excluding carboxylic acids is 2. The van der Waals surface area contributed by atoms with Crippen molar-refractivity contribution in [3.8, 4) is 5.75 Å². The standard InChI is InChI=1S/C26H35ClN2O3/c1-7-18(2)28-25(31)19(3)29(16-20-9-8-10-22(27)15-20)24(30)17-32-23-13-11-21(12-14-23)26(4,5)6/h8-15,18-19H,7,16-17H2,1-6H3,(H,28,31)/t18-,19-/m0/s1. The third-order valence-corrected chi connectivity index (χ3v) is 5.73. The lowest BCUT2D eigenvalue weighted by Gasteiger charge is -2.29. The molecule has 0 heterocycles. The van der Waals surface area contributed by atoms with E-state index in [0.29, 0.717) is 10.8 Å². The monoisotopic (exact) mass is 458 g/mol. The first-order chi connectivity index (χ1) is 15.0. The van der Waals surface area contributed by atoms with Crippen molar-refractivity contribution in [1.82, 2.24) is 10.2 Å².